The third-order valence-corrected chi connectivity index (χ3v) is 6.57. The summed E-state index contributed by atoms with van der Waals surface area (Å²) >= 11 is 12.5. The monoisotopic (exact) mass is 416 g/mol. The Bertz CT molecular complexity index is 819. The van der Waals surface area contributed by atoms with Gasteiger partial charge >= 0.3 is 0 Å². The first-order valence-electron chi connectivity index (χ1n) is 9.23. The van der Waals surface area contributed by atoms with E-state index in [0.717, 1.165) is 18.2 Å². The van der Waals surface area contributed by atoms with Gasteiger partial charge in [0.25, 0.3) is 10.1 Å². The molecule has 0 saturated heterocycles. The average molecular weight is 417 g/mol. The van der Waals surface area contributed by atoms with Crippen LogP contribution in [-0.2, 0) is 14.3 Å². The van der Waals surface area contributed by atoms with Gasteiger partial charge in [-0.25, -0.2) is 0 Å². The van der Waals surface area contributed by atoms with E-state index in [4.69, 9.17) is 27.4 Å². The topological polar surface area (TPSA) is 43.4 Å². The zero-order valence-corrected chi connectivity index (χ0v) is 17.5. The lowest BCUT2D eigenvalue weighted by atomic mass is 10.1. The van der Waals surface area contributed by atoms with Gasteiger partial charge in [0.05, 0.1) is 11.6 Å². The van der Waals surface area contributed by atoms with Crippen LogP contribution in [0.2, 0.25) is 10.0 Å². The number of unbranched alkanes of at least 4 members (excludes halogenated alkanes) is 7. The Labute approximate surface area is 166 Å². The molecule has 2 aromatic carbocycles. The van der Waals surface area contributed by atoms with Gasteiger partial charge in [0, 0.05) is 15.8 Å². The lowest BCUT2D eigenvalue weighted by molar-refractivity contribution is 0.306. The summed E-state index contributed by atoms with van der Waals surface area (Å²) in [6, 6.07) is 8.55. The molecule has 2 rings (SSSR count). The Hall–Kier alpha value is -0.810. The number of rotatable bonds is 11. The van der Waals surface area contributed by atoms with E-state index in [0.29, 0.717) is 16.8 Å². The molecule has 0 atom stereocenters. The molecule has 0 N–H and O–H groups in total. The second-order valence-electron chi connectivity index (χ2n) is 6.47. The van der Waals surface area contributed by atoms with Crippen molar-refractivity contribution in [3.05, 3.63) is 40.4 Å². The lowest BCUT2D eigenvalue weighted by Crippen LogP contribution is -2.08. The van der Waals surface area contributed by atoms with Gasteiger partial charge in [-0.1, -0.05) is 99.3 Å². The second kappa shape index (κ2) is 10.5. The number of halogens is 2. The highest BCUT2D eigenvalue weighted by molar-refractivity contribution is 7.87. The highest BCUT2D eigenvalue weighted by Gasteiger charge is 2.22. The maximum Gasteiger partial charge on any atom is 0.298 e. The summed E-state index contributed by atoms with van der Waals surface area (Å²) in [5, 5.41) is 1.83. The normalized spacial score (nSPS) is 12.0. The van der Waals surface area contributed by atoms with Gasteiger partial charge in [-0.3, -0.25) is 4.18 Å². The van der Waals surface area contributed by atoms with Gasteiger partial charge in [0.15, 0.2) is 0 Å². The molecule has 2 aromatic rings. The SMILES string of the molecule is CCCCCCCCCCOS(=O)(=O)c1cc(Cl)c2ccccc2c1Cl. The van der Waals surface area contributed by atoms with Gasteiger partial charge in [-0.2, -0.15) is 8.42 Å². The van der Waals surface area contributed by atoms with E-state index >= 15 is 0 Å². The number of fused-ring (bicyclic) bond motifs is 1. The van der Waals surface area contributed by atoms with Crippen molar-refractivity contribution < 1.29 is 12.6 Å². The fourth-order valence-electron chi connectivity index (χ4n) is 2.92. The summed E-state index contributed by atoms with van der Waals surface area (Å²) in [5.41, 5.74) is 0. The van der Waals surface area contributed by atoms with Crippen LogP contribution in [0.3, 0.4) is 0 Å². The van der Waals surface area contributed by atoms with Crippen LogP contribution in [0.25, 0.3) is 10.8 Å². The first kappa shape index (κ1) is 21.5. The van der Waals surface area contributed by atoms with Crippen LogP contribution in [0.5, 0.6) is 0 Å². The molecule has 0 unspecified atom stereocenters. The summed E-state index contributed by atoms with van der Waals surface area (Å²) in [4.78, 5) is -0.0672. The highest BCUT2D eigenvalue weighted by atomic mass is 35.5. The maximum absolute atomic E-state index is 12.5. The minimum absolute atomic E-state index is 0.0672. The Morgan fingerprint density at radius 2 is 1.46 bits per heavy atom. The van der Waals surface area contributed by atoms with E-state index in [1.54, 1.807) is 18.2 Å². The molecule has 0 aliphatic rings. The predicted molar refractivity (Wildman–Crippen MR) is 110 cm³/mol. The highest BCUT2D eigenvalue weighted by Crippen LogP contribution is 2.36. The van der Waals surface area contributed by atoms with Crippen LogP contribution in [0.4, 0.5) is 0 Å². The van der Waals surface area contributed by atoms with Gasteiger partial charge in [-0.05, 0) is 12.5 Å². The molecule has 0 fully saturated rings. The van der Waals surface area contributed by atoms with Crippen molar-refractivity contribution in [3.8, 4) is 0 Å². The third kappa shape index (κ3) is 5.85. The molecule has 26 heavy (non-hydrogen) atoms. The van der Waals surface area contributed by atoms with E-state index in [1.165, 1.54) is 38.2 Å². The van der Waals surface area contributed by atoms with E-state index in [2.05, 4.69) is 6.92 Å². The average Bonchev–Trinajstić information content (AvgIpc) is 2.63. The predicted octanol–water partition coefficient (Wildman–Crippen LogP) is 6.99. The minimum Gasteiger partial charge on any atom is -0.266 e. The Kier molecular flexibility index (Phi) is 8.68. The first-order valence-corrected chi connectivity index (χ1v) is 11.4. The molecule has 6 heteroatoms. The summed E-state index contributed by atoms with van der Waals surface area (Å²) < 4.78 is 30.2. The number of hydrogen-bond acceptors (Lipinski definition) is 3. The molecule has 0 aromatic heterocycles. The Balaban J connectivity index is 1.90. The standard InChI is InChI=1S/C20H26Cl2O3S/c1-2-3-4-5-6-7-8-11-14-25-26(23,24)19-15-18(21)16-12-9-10-13-17(16)20(19)22/h9-10,12-13,15H,2-8,11,14H2,1H3. The van der Waals surface area contributed by atoms with Crippen LogP contribution >= 0.6 is 23.2 Å². The van der Waals surface area contributed by atoms with Crippen molar-refractivity contribution in [1.29, 1.82) is 0 Å². The molecule has 0 radical (unpaired) electrons. The summed E-state index contributed by atoms with van der Waals surface area (Å²) in [6.07, 6.45) is 9.04. The molecule has 0 aliphatic heterocycles. The van der Waals surface area contributed by atoms with Crippen molar-refractivity contribution in [3.63, 3.8) is 0 Å². The zero-order valence-electron chi connectivity index (χ0n) is 15.1. The van der Waals surface area contributed by atoms with Crippen LogP contribution in [0.15, 0.2) is 35.2 Å². The van der Waals surface area contributed by atoms with Crippen molar-refractivity contribution in [1.82, 2.24) is 0 Å². The lowest BCUT2D eigenvalue weighted by Gasteiger charge is -2.11. The maximum atomic E-state index is 12.5. The molecular formula is C20H26Cl2O3S. The largest absolute Gasteiger partial charge is 0.298 e. The van der Waals surface area contributed by atoms with E-state index in [1.807, 2.05) is 6.07 Å². The smallest absolute Gasteiger partial charge is 0.266 e. The molecule has 3 nitrogen and oxygen atoms in total. The van der Waals surface area contributed by atoms with Gasteiger partial charge in [-0.15, -0.1) is 0 Å². The van der Waals surface area contributed by atoms with Crippen molar-refractivity contribution in [2.24, 2.45) is 0 Å². The Morgan fingerprint density at radius 1 is 0.885 bits per heavy atom. The van der Waals surface area contributed by atoms with Crippen molar-refractivity contribution in [2.45, 2.75) is 63.2 Å². The fraction of sp³-hybridized carbons (Fsp3) is 0.500. The van der Waals surface area contributed by atoms with E-state index < -0.39 is 10.1 Å². The van der Waals surface area contributed by atoms with Crippen LogP contribution in [0.1, 0.15) is 58.3 Å². The quantitative estimate of drug-likeness (QED) is 0.292. The van der Waals surface area contributed by atoms with Crippen LogP contribution in [0, 0.1) is 0 Å². The molecule has 0 spiro atoms. The summed E-state index contributed by atoms with van der Waals surface area (Å²) in [6.45, 7) is 2.37. The van der Waals surface area contributed by atoms with Crippen LogP contribution < -0.4 is 0 Å². The zero-order chi connectivity index (χ0) is 19.0. The molecule has 0 aliphatic carbocycles. The molecule has 0 saturated carbocycles. The van der Waals surface area contributed by atoms with E-state index in [-0.39, 0.29) is 16.5 Å². The first-order chi connectivity index (χ1) is 12.5. The van der Waals surface area contributed by atoms with Crippen molar-refractivity contribution in [2.75, 3.05) is 6.61 Å². The summed E-state index contributed by atoms with van der Waals surface area (Å²) in [7, 11) is -3.93. The molecule has 0 bridgehead atoms. The number of hydrogen-bond donors (Lipinski definition) is 0. The fourth-order valence-corrected chi connectivity index (χ4v) is 4.82. The summed E-state index contributed by atoms with van der Waals surface area (Å²) in [5.74, 6) is 0. The molecule has 0 heterocycles. The Morgan fingerprint density at radius 3 is 2.12 bits per heavy atom. The number of benzene rings is 2. The minimum atomic E-state index is -3.93. The van der Waals surface area contributed by atoms with Crippen LogP contribution in [-0.4, -0.2) is 15.0 Å². The second-order valence-corrected chi connectivity index (χ2v) is 8.84. The van der Waals surface area contributed by atoms with Crippen molar-refractivity contribution >= 4 is 44.1 Å². The molecule has 0 amide bonds. The third-order valence-electron chi connectivity index (χ3n) is 4.40. The van der Waals surface area contributed by atoms with Gasteiger partial charge < -0.3 is 0 Å². The van der Waals surface area contributed by atoms with Gasteiger partial charge in [0.1, 0.15) is 4.90 Å². The van der Waals surface area contributed by atoms with E-state index in [9.17, 15) is 8.42 Å². The molecule has 144 valence electrons. The molecular weight excluding hydrogens is 391 g/mol. The van der Waals surface area contributed by atoms with Gasteiger partial charge in [0.2, 0.25) is 0 Å².